The molecule has 0 bridgehead atoms. The van der Waals surface area contributed by atoms with Crippen molar-refractivity contribution in [3.63, 3.8) is 0 Å². The minimum absolute atomic E-state index is 0.721. The molecule has 5 heteroatoms. The van der Waals surface area contributed by atoms with Crippen molar-refractivity contribution in [2.45, 2.75) is 12.8 Å². The summed E-state index contributed by atoms with van der Waals surface area (Å²) < 4.78 is 11.0. The first-order chi connectivity index (χ1) is 11.8. The molecule has 2 aromatic carbocycles. The van der Waals surface area contributed by atoms with Crippen molar-refractivity contribution in [3.05, 3.63) is 53.7 Å². The number of ether oxygens (including phenoxy) is 2. The third-order valence-electron chi connectivity index (χ3n) is 4.23. The van der Waals surface area contributed by atoms with E-state index in [0.717, 1.165) is 45.6 Å². The Morgan fingerprint density at radius 1 is 1.00 bits per heavy atom. The highest BCUT2D eigenvalue weighted by atomic mass is 32.1. The van der Waals surface area contributed by atoms with Gasteiger partial charge in [0.05, 0.1) is 25.5 Å². The number of aromatic nitrogens is 1. The van der Waals surface area contributed by atoms with E-state index in [9.17, 15) is 0 Å². The standard InChI is InChI=1S/C19H18N2O2S/c1-22-16-9-5-7-13(17(16)23-2)18-21-15-11-10-12-6-3-4-8-14(12)20-19(15)24-18/h3-9,20H,10-11H2,1-2H3. The van der Waals surface area contributed by atoms with Crippen LogP contribution in [0.25, 0.3) is 10.6 Å². The normalized spacial score (nSPS) is 12.6. The lowest BCUT2D eigenvalue weighted by Gasteiger charge is -2.10. The average molecular weight is 338 g/mol. The summed E-state index contributed by atoms with van der Waals surface area (Å²) in [5.74, 6) is 1.45. The van der Waals surface area contributed by atoms with E-state index in [1.165, 1.54) is 11.3 Å². The number of methoxy groups -OCH3 is 2. The summed E-state index contributed by atoms with van der Waals surface area (Å²) in [6, 6.07) is 14.3. The topological polar surface area (TPSA) is 43.4 Å². The Bertz CT molecular complexity index is 889. The number of fused-ring (bicyclic) bond motifs is 2. The molecular formula is C19H18N2O2S. The molecule has 3 aromatic rings. The highest BCUT2D eigenvalue weighted by molar-refractivity contribution is 7.19. The van der Waals surface area contributed by atoms with Gasteiger partial charge in [-0.2, -0.15) is 0 Å². The Labute approximate surface area is 145 Å². The van der Waals surface area contributed by atoms with Crippen molar-refractivity contribution in [1.82, 2.24) is 4.98 Å². The van der Waals surface area contributed by atoms with Crippen LogP contribution in [0.4, 0.5) is 10.7 Å². The average Bonchev–Trinajstić information content (AvgIpc) is 2.94. The van der Waals surface area contributed by atoms with Crippen LogP contribution in [0, 0.1) is 0 Å². The number of benzene rings is 2. The van der Waals surface area contributed by atoms with Crippen molar-refractivity contribution in [3.8, 4) is 22.1 Å². The first-order valence-corrected chi connectivity index (χ1v) is 8.68. The van der Waals surface area contributed by atoms with Crippen LogP contribution in [0.15, 0.2) is 42.5 Å². The van der Waals surface area contributed by atoms with E-state index in [1.54, 1.807) is 25.6 Å². The van der Waals surface area contributed by atoms with E-state index in [-0.39, 0.29) is 0 Å². The lowest BCUT2D eigenvalue weighted by Crippen LogP contribution is -1.94. The highest BCUT2D eigenvalue weighted by Gasteiger charge is 2.20. The van der Waals surface area contributed by atoms with Gasteiger partial charge in [-0.3, -0.25) is 0 Å². The molecular weight excluding hydrogens is 320 g/mol. The molecule has 0 unspecified atom stereocenters. The number of nitrogens with one attached hydrogen (secondary N) is 1. The summed E-state index contributed by atoms with van der Waals surface area (Å²) in [6.45, 7) is 0. The molecule has 0 saturated carbocycles. The molecule has 0 spiro atoms. The Kier molecular flexibility index (Phi) is 3.86. The van der Waals surface area contributed by atoms with Crippen LogP contribution >= 0.6 is 11.3 Å². The zero-order chi connectivity index (χ0) is 16.5. The van der Waals surface area contributed by atoms with Gasteiger partial charge in [-0.1, -0.05) is 35.6 Å². The second kappa shape index (κ2) is 6.17. The van der Waals surface area contributed by atoms with Gasteiger partial charge >= 0.3 is 0 Å². The Hall–Kier alpha value is -2.53. The molecule has 2 heterocycles. The fourth-order valence-electron chi connectivity index (χ4n) is 3.03. The van der Waals surface area contributed by atoms with E-state index in [1.807, 2.05) is 18.2 Å². The quantitative estimate of drug-likeness (QED) is 0.754. The first kappa shape index (κ1) is 15.0. The molecule has 4 rings (SSSR count). The lowest BCUT2D eigenvalue weighted by atomic mass is 10.1. The molecule has 0 aliphatic carbocycles. The number of nitrogens with zero attached hydrogens (tertiary/aromatic N) is 1. The maximum Gasteiger partial charge on any atom is 0.170 e. The predicted octanol–water partition coefficient (Wildman–Crippen LogP) is 4.67. The number of hydrogen-bond acceptors (Lipinski definition) is 5. The molecule has 1 aliphatic rings. The van der Waals surface area contributed by atoms with Gasteiger partial charge in [0.25, 0.3) is 0 Å². The van der Waals surface area contributed by atoms with E-state index in [0.29, 0.717) is 0 Å². The molecule has 0 atom stereocenters. The number of anilines is 2. The van der Waals surface area contributed by atoms with Crippen LogP contribution < -0.4 is 14.8 Å². The smallest absolute Gasteiger partial charge is 0.170 e. The zero-order valence-electron chi connectivity index (χ0n) is 13.6. The predicted molar refractivity (Wildman–Crippen MR) is 97.8 cm³/mol. The third kappa shape index (κ3) is 2.51. The molecule has 0 radical (unpaired) electrons. The lowest BCUT2D eigenvalue weighted by molar-refractivity contribution is 0.356. The Morgan fingerprint density at radius 2 is 1.88 bits per heavy atom. The molecule has 1 N–H and O–H groups in total. The van der Waals surface area contributed by atoms with Gasteiger partial charge < -0.3 is 14.8 Å². The molecule has 0 saturated heterocycles. The van der Waals surface area contributed by atoms with E-state index < -0.39 is 0 Å². The van der Waals surface area contributed by atoms with Crippen LogP contribution in [0.5, 0.6) is 11.5 Å². The summed E-state index contributed by atoms with van der Waals surface area (Å²) in [7, 11) is 3.31. The van der Waals surface area contributed by atoms with Gasteiger partial charge in [0.2, 0.25) is 0 Å². The van der Waals surface area contributed by atoms with E-state index in [4.69, 9.17) is 14.5 Å². The van der Waals surface area contributed by atoms with Crippen molar-refractivity contribution >= 4 is 22.0 Å². The van der Waals surface area contributed by atoms with Crippen LogP contribution in [0.1, 0.15) is 11.3 Å². The Morgan fingerprint density at radius 3 is 2.71 bits per heavy atom. The summed E-state index contributed by atoms with van der Waals surface area (Å²) in [5, 5.41) is 5.60. The maximum absolute atomic E-state index is 5.56. The zero-order valence-corrected chi connectivity index (χ0v) is 14.4. The highest BCUT2D eigenvalue weighted by Crippen LogP contribution is 2.43. The van der Waals surface area contributed by atoms with E-state index >= 15 is 0 Å². The second-order valence-corrected chi connectivity index (χ2v) is 6.62. The second-order valence-electron chi connectivity index (χ2n) is 5.62. The maximum atomic E-state index is 5.56. The number of thiazole rings is 1. The van der Waals surface area contributed by atoms with Gasteiger partial charge in [-0.25, -0.2) is 4.98 Å². The number of aryl methyl sites for hydroxylation is 2. The summed E-state index contributed by atoms with van der Waals surface area (Å²) >= 11 is 1.66. The molecule has 1 aromatic heterocycles. The number of hydrogen-bond donors (Lipinski definition) is 1. The van der Waals surface area contributed by atoms with Crippen molar-refractivity contribution in [1.29, 1.82) is 0 Å². The molecule has 0 amide bonds. The van der Waals surface area contributed by atoms with Crippen molar-refractivity contribution < 1.29 is 9.47 Å². The minimum atomic E-state index is 0.721. The van der Waals surface area contributed by atoms with Crippen LogP contribution in [-0.2, 0) is 12.8 Å². The number of para-hydroxylation sites is 2. The van der Waals surface area contributed by atoms with Crippen molar-refractivity contribution in [2.24, 2.45) is 0 Å². The third-order valence-corrected chi connectivity index (χ3v) is 5.27. The summed E-state index contributed by atoms with van der Waals surface area (Å²) in [6.07, 6.45) is 1.93. The SMILES string of the molecule is COc1cccc(-c2nc3c(s2)Nc2ccccc2CC3)c1OC. The van der Waals surface area contributed by atoms with Crippen LogP contribution in [0.3, 0.4) is 0 Å². The molecule has 122 valence electrons. The summed E-state index contributed by atoms with van der Waals surface area (Å²) in [5.41, 5.74) is 4.58. The van der Waals surface area contributed by atoms with Crippen LogP contribution in [-0.4, -0.2) is 19.2 Å². The fourth-order valence-corrected chi connectivity index (χ4v) is 4.07. The van der Waals surface area contributed by atoms with Gasteiger partial charge in [0.1, 0.15) is 10.0 Å². The molecule has 1 aliphatic heterocycles. The van der Waals surface area contributed by atoms with E-state index in [2.05, 4.69) is 29.6 Å². The molecule has 24 heavy (non-hydrogen) atoms. The van der Waals surface area contributed by atoms with Gasteiger partial charge in [-0.05, 0) is 36.6 Å². The fraction of sp³-hybridized carbons (Fsp3) is 0.211. The summed E-state index contributed by atoms with van der Waals surface area (Å²) in [4.78, 5) is 4.87. The molecule has 0 fully saturated rings. The minimum Gasteiger partial charge on any atom is -0.493 e. The van der Waals surface area contributed by atoms with Gasteiger partial charge in [0.15, 0.2) is 11.5 Å². The monoisotopic (exact) mass is 338 g/mol. The van der Waals surface area contributed by atoms with Gasteiger partial charge in [-0.15, -0.1) is 0 Å². The van der Waals surface area contributed by atoms with Crippen molar-refractivity contribution in [2.75, 3.05) is 19.5 Å². The largest absolute Gasteiger partial charge is 0.493 e. The first-order valence-electron chi connectivity index (χ1n) is 7.86. The van der Waals surface area contributed by atoms with Crippen LogP contribution in [0.2, 0.25) is 0 Å². The van der Waals surface area contributed by atoms with Gasteiger partial charge in [0, 0.05) is 5.69 Å². The number of rotatable bonds is 3. The Balaban J connectivity index is 1.77. The molecule has 4 nitrogen and oxygen atoms in total.